The molecule has 3 rings (SSSR count). The summed E-state index contributed by atoms with van der Waals surface area (Å²) >= 11 is 3.26. The third-order valence-electron chi connectivity index (χ3n) is 3.65. The third kappa shape index (κ3) is 2.46. The molecule has 1 atom stereocenters. The van der Waals surface area contributed by atoms with Crippen LogP contribution >= 0.6 is 15.9 Å². The number of rotatable bonds is 2. The Morgan fingerprint density at radius 1 is 1.23 bits per heavy atom. The Morgan fingerprint density at radius 3 is 2.45 bits per heavy atom. The normalized spacial score (nSPS) is 22.0. The van der Waals surface area contributed by atoms with Gasteiger partial charge in [0.2, 0.25) is 5.91 Å². The number of halogens is 4. The van der Waals surface area contributed by atoms with Crippen LogP contribution in [-0.2, 0) is 9.59 Å². The van der Waals surface area contributed by atoms with E-state index < -0.39 is 23.6 Å². The summed E-state index contributed by atoms with van der Waals surface area (Å²) in [7, 11) is 0. The first-order chi connectivity index (χ1) is 10.3. The van der Waals surface area contributed by atoms with Crippen molar-refractivity contribution in [1.82, 2.24) is 10.0 Å². The van der Waals surface area contributed by atoms with E-state index in [0.717, 1.165) is 15.7 Å². The highest BCUT2D eigenvalue weighted by Gasteiger charge is 2.50. The van der Waals surface area contributed by atoms with Crippen LogP contribution in [-0.4, -0.2) is 34.4 Å². The molecule has 22 heavy (non-hydrogen) atoms. The summed E-state index contributed by atoms with van der Waals surface area (Å²) in [5.41, 5.74) is 0.104. The minimum absolute atomic E-state index is 0.219. The largest absolute Gasteiger partial charge is 0.454 e. The fraction of sp³-hybridized carbons (Fsp3) is 0.286. The van der Waals surface area contributed by atoms with E-state index in [0.29, 0.717) is 5.56 Å². The molecular weight excluding hydrogens is 365 g/mol. The molecule has 0 aromatic heterocycles. The highest BCUT2D eigenvalue weighted by Crippen LogP contribution is 2.41. The van der Waals surface area contributed by atoms with Gasteiger partial charge in [-0.3, -0.25) is 9.59 Å². The topological polar surface area (TPSA) is 40.6 Å². The quantitative estimate of drug-likeness (QED) is 0.798. The van der Waals surface area contributed by atoms with Gasteiger partial charge in [-0.05, 0) is 17.7 Å². The second-order valence-electron chi connectivity index (χ2n) is 5.02. The first-order valence-corrected chi connectivity index (χ1v) is 7.25. The number of hydrazine groups is 1. The number of ketones is 1. The van der Waals surface area contributed by atoms with Gasteiger partial charge in [0.25, 0.3) is 5.78 Å². The number of alkyl halides is 3. The van der Waals surface area contributed by atoms with Crippen molar-refractivity contribution < 1.29 is 22.8 Å². The maximum absolute atomic E-state index is 12.8. The molecule has 1 aromatic carbocycles. The van der Waals surface area contributed by atoms with E-state index in [-0.39, 0.29) is 18.9 Å². The van der Waals surface area contributed by atoms with Crippen molar-refractivity contribution in [2.24, 2.45) is 0 Å². The molecule has 0 radical (unpaired) electrons. The Hall–Kier alpha value is -1.67. The van der Waals surface area contributed by atoms with E-state index >= 15 is 0 Å². The number of hydrogen-bond donors (Lipinski definition) is 0. The predicted molar refractivity (Wildman–Crippen MR) is 74.2 cm³/mol. The fourth-order valence-corrected chi connectivity index (χ4v) is 2.95. The molecule has 2 aliphatic rings. The van der Waals surface area contributed by atoms with Gasteiger partial charge in [-0.15, -0.1) is 0 Å². The first-order valence-electron chi connectivity index (χ1n) is 6.46. The zero-order valence-corrected chi connectivity index (χ0v) is 12.7. The molecule has 1 amide bonds. The molecule has 116 valence electrons. The molecule has 0 saturated carbocycles. The van der Waals surface area contributed by atoms with Gasteiger partial charge in [0.1, 0.15) is 0 Å². The maximum Gasteiger partial charge on any atom is 0.454 e. The van der Waals surface area contributed by atoms with Gasteiger partial charge in [0.05, 0.1) is 6.04 Å². The highest BCUT2D eigenvalue weighted by molar-refractivity contribution is 9.10. The zero-order chi connectivity index (χ0) is 16.1. The Balaban J connectivity index is 2.04. The molecule has 1 saturated heterocycles. The Labute approximate surface area is 132 Å². The van der Waals surface area contributed by atoms with Crippen LogP contribution < -0.4 is 0 Å². The lowest BCUT2D eigenvalue weighted by Crippen LogP contribution is -2.34. The summed E-state index contributed by atoms with van der Waals surface area (Å²) in [6.45, 7) is 0.282. The van der Waals surface area contributed by atoms with Crippen LogP contribution in [0, 0.1) is 0 Å². The second-order valence-corrected chi connectivity index (χ2v) is 5.93. The van der Waals surface area contributed by atoms with Gasteiger partial charge in [-0.1, -0.05) is 28.1 Å². The standard InChI is InChI=1S/C14H10BrF3N2O2/c15-9-3-1-8(2-4-9)12-10(13(22)14(16,17)18)7-20-11(21)5-6-19(12)20/h1-4,7,12H,5-6H2. The number of benzene rings is 1. The summed E-state index contributed by atoms with van der Waals surface area (Å²) in [4.78, 5) is 23.4. The molecule has 0 aliphatic carbocycles. The SMILES string of the molecule is O=C1CCN2C(c3ccc(Br)cc3)C(C(=O)C(F)(F)F)=CN12. The second kappa shape index (κ2) is 5.20. The molecular formula is C14H10BrF3N2O2. The molecule has 1 fully saturated rings. The Kier molecular flexibility index (Phi) is 3.60. The molecule has 0 N–H and O–H groups in total. The minimum Gasteiger partial charge on any atom is -0.284 e. The molecule has 4 nitrogen and oxygen atoms in total. The number of hydrogen-bond acceptors (Lipinski definition) is 3. The van der Waals surface area contributed by atoms with Crippen LogP contribution in [0.2, 0.25) is 0 Å². The smallest absolute Gasteiger partial charge is 0.284 e. The van der Waals surface area contributed by atoms with Crippen molar-refractivity contribution in [2.45, 2.75) is 18.6 Å². The summed E-state index contributed by atoms with van der Waals surface area (Å²) in [6, 6.07) is 5.75. The lowest BCUT2D eigenvalue weighted by atomic mass is 9.96. The van der Waals surface area contributed by atoms with E-state index in [1.54, 1.807) is 24.3 Å². The van der Waals surface area contributed by atoms with Gasteiger partial charge in [-0.25, -0.2) is 10.0 Å². The van der Waals surface area contributed by atoms with Crippen LogP contribution in [0.15, 0.2) is 40.5 Å². The number of nitrogens with zero attached hydrogens (tertiary/aromatic N) is 2. The molecule has 1 aromatic rings. The lowest BCUT2D eigenvalue weighted by molar-refractivity contribution is -0.167. The average molecular weight is 375 g/mol. The van der Waals surface area contributed by atoms with Crippen LogP contribution in [0.1, 0.15) is 18.0 Å². The van der Waals surface area contributed by atoms with E-state index in [1.807, 2.05) is 0 Å². The van der Waals surface area contributed by atoms with Crippen LogP contribution in [0.25, 0.3) is 0 Å². The summed E-state index contributed by atoms with van der Waals surface area (Å²) in [6.07, 6.45) is -3.74. The number of carbonyl (C=O) groups excluding carboxylic acids is 2. The third-order valence-corrected chi connectivity index (χ3v) is 4.18. The van der Waals surface area contributed by atoms with Gasteiger partial charge in [-0.2, -0.15) is 13.2 Å². The van der Waals surface area contributed by atoms with Gasteiger partial charge in [0, 0.05) is 29.2 Å². The first kappa shape index (κ1) is 15.2. The van der Waals surface area contributed by atoms with Crippen LogP contribution in [0.5, 0.6) is 0 Å². The Bertz CT molecular complexity index is 670. The van der Waals surface area contributed by atoms with Crippen LogP contribution in [0.3, 0.4) is 0 Å². The van der Waals surface area contributed by atoms with Gasteiger partial charge >= 0.3 is 6.18 Å². The summed E-state index contributed by atoms with van der Waals surface area (Å²) < 4.78 is 39.2. The molecule has 0 spiro atoms. The summed E-state index contributed by atoms with van der Waals surface area (Å²) in [5.74, 6) is -2.23. The highest BCUT2D eigenvalue weighted by atomic mass is 79.9. The Morgan fingerprint density at radius 2 is 1.86 bits per heavy atom. The fourth-order valence-electron chi connectivity index (χ4n) is 2.68. The van der Waals surface area contributed by atoms with Crippen molar-refractivity contribution in [3.8, 4) is 0 Å². The van der Waals surface area contributed by atoms with E-state index in [4.69, 9.17) is 0 Å². The van der Waals surface area contributed by atoms with Crippen molar-refractivity contribution in [1.29, 1.82) is 0 Å². The summed E-state index contributed by atoms with van der Waals surface area (Å²) in [5, 5.41) is 2.61. The molecule has 1 unspecified atom stereocenters. The molecule has 0 bridgehead atoms. The van der Waals surface area contributed by atoms with Crippen molar-refractivity contribution >= 4 is 27.6 Å². The monoisotopic (exact) mass is 374 g/mol. The number of amides is 1. The molecule has 2 heterocycles. The van der Waals surface area contributed by atoms with Crippen molar-refractivity contribution in [3.63, 3.8) is 0 Å². The number of Topliss-reactive ketones (excluding diaryl/α,β-unsaturated/α-hetero) is 1. The zero-order valence-electron chi connectivity index (χ0n) is 11.1. The predicted octanol–water partition coefficient (Wildman–Crippen LogP) is 2.97. The van der Waals surface area contributed by atoms with Gasteiger partial charge in [0.15, 0.2) is 0 Å². The van der Waals surface area contributed by atoms with E-state index in [9.17, 15) is 22.8 Å². The van der Waals surface area contributed by atoms with Crippen LogP contribution in [0.4, 0.5) is 13.2 Å². The van der Waals surface area contributed by atoms with E-state index in [1.165, 1.54) is 5.01 Å². The van der Waals surface area contributed by atoms with Crippen molar-refractivity contribution in [3.05, 3.63) is 46.1 Å². The lowest BCUT2D eigenvalue weighted by Gasteiger charge is -2.26. The number of fused-ring (bicyclic) bond motifs is 1. The average Bonchev–Trinajstić information content (AvgIpc) is 2.98. The maximum atomic E-state index is 12.8. The number of carbonyl (C=O) groups is 2. The van der Waals surface area contributed by atoms with E-state index in [2.05, 4.69) is 15.9 Å². The van der Waals surface area contributed by atoms with Crippen molar-refractivity contribution in [2.75, 3.05) is 6.54 Å². The minimum atomic E-state index is -4.97. The molecule has 2 aliphatic heterocycles. The van der Waals surface area contributed by atoms with Gasteiger partial charge < -0.3 is 0 Å². The molecule has 8 heteroatoms.